The third-order valence-electron chi connectivity index (χ3n) is 5.07. The number of aryl methyl sites for hydroxylation is 1. The van der Waals surface area contributed by atoms with Crippen molar-refractivity contribution in [2.45, 2.75) is 45.1 Å². The van der Waals surface area contributed by atoms with Crippen molar-refractivity contribution < 1.29 is 18.4 Å². The Kier molecular flexibility index (Phi) is 6.39. The van der Waals surface area contributed by atoms with Crippen LogP contribution in [-0.4, -0.2) is 24.4 Å². The molecule has 2 N–H and O–H groups in total. The zero-order valence-electron chi connectivity index (χ0n) is 15.9. The normalized spacial score (nSPS) is 14.1. The first-order valence-corrected chi connectivity index (χ1v) is 9.57. The predicted molar refractivity (Wildman–Crippen MR) is 104 cm³/mol. The number of nitrogens with one attached hydrogen (secondary N) is 2. The van der Waals surface area contributed by atoms with Crippen molar-refractivity contribution in [3.05, 3.63) is 59.2 Å². The molecular formula is C22H24F2N2O2. The highest BCUT2D eigenvalue weighted by Gasteiger charge is 2.17. The van der Waals surface area contributed by atoms with Crippen molar-refractivity contribution in [1.82, 2.24) is 10.6 Å². The minimum atomic E-state index is -0.554. The standard InChI is InChI=1S/C22H24F2N2O2/c1-14-12-16(23)7-9-18(14)19-8-6-15(13-20(19)24)22(28)25-11-10-21(27)26-17-4-2-3-5-17/h6-9,12-13,17H,2-5,10-11H2,1H3,(H,25,28)(H,26,27). The summed E-state index contributed by atoms with van der Waals surface area (Å²) in [7, 11) is 0. The van der Waals surface area contributed by atoms with E-state index in [0.29, 0.717) is 16.7 Å². The second-order valence-corrected chi connectivity index (χ2v) is 7.21. The summed E-state index contributed by atoms with van der Waals surface area (Å²) in [4.78, 5) is 24.1. The first-order chi connectivity index (χ1) is 13.4. The molecule has 3 rings (SSSR count). The molecule has 148 valence electrons. The van der Waals surface area contributed by atoms with Gasteiger partial charge in [0.05, 0.1) is 0 Å². The van der Waals surface area contributed by atoms with E-state index in [2.05, 4.69) is 10.6 Å². The highest BCUT2D eigenvalue weighted by atomic mass is 19.1. The topological polar surface area (TPSA) is 58.2 Å². The molecule has 1 fully saturated rings. The fraction of sp³-hybridized carbons (Fsp3) is 0.364. The maximum atomic E-state index is 14.5. The highest BCUT2D eigenvalue weighted by molar-refractivity contribution is 5.95. The van der Waals surface area contributed by atoms with Crippen LogP contribution in [-0.2, 0) is 4.79 Å². The van der Waals surface area contributed by atoms with Crippen LogP contribution in [0.15, 0.2) is 36.4 Å². The Morgan fingerprint density at radius 2 is 1.75 bits per heavy atom. The molecule has 0 aliphatic heterocycles. The molecule has 2 aromatic rings. The van der Waals surface area contributed by atoms with Crippen LogP contribution in [0.1, 0.15) is 48.0 Å². The van der Waals surface area contributed by atoms with E-state index in [4.69, 9.17) is 0 Å². The molecule has 4 nitrogen and oxygen atoms in total. The van der Waals surface area contributed by atoms with Gasteiger partial charge in [-0.25, -0.2) is 8.78 Å². The van der Waals surface area contributed by atoms with Gasteiger partial charge in [-0.2, -0.15) is 0 Å². The van der Waals surface area contributed by atoms with E-state index >= 15 is 0 Å². The van der Waals surface area contributed by atoms with Gasteiger partial charge >= 0.3 is 0 Å². The number of hydrogen-bond donors (Lipinski definition) is 2. The lowest BCUT2D eigenvalue weighted by Crippen LogP contribution is -2.35. The highest BCUT2D eigenvalue weighted by Crippen LogP contribution is 2.27. The summed E-state index contributed by atoms with van der Waals surface area (Å²) < 4.78 is 27.8. The summed E-state index contributed by atoms with van der Waals surface area (Å²) in [5.41, 5.74) is 1.68. The Morgan fingerprint density at radius 1 is 1.04 bits per heavy atom. The van der Waals surface area contributed by atoms with Crippen LogP contribution < -0.4 is 10.6 Å². The SMILES string of the molecule is Cc1cc(F)ccc1-c1ccc(C(=O)NCCC(=O)NC2CCCC2)cc1F. The molecule has 1 aliphatic rings. The second kappa shape index (κ2) is 8.95. The first-order valence-electron chi connectivity index (χ1n) is 9.57. The Hall–Kier alpha value is -2.76. The average Bonchev–Trinajstić information content (AvgIpc) is 3.15. The van der Waals surface area contributed by atoms with E-state index in [1.165, 1.54) is 30.3 Å². The van der Waals surface area contributed by atoms with Gasteiger partial charge in [-0.3, -0.25) is 9.59 Å². The zero-order valence-corrected chi connectivity index (χ0v) is 15.9. The quantitative estimate of drug-likeness (QED) is 0.785. The van der Waals surface area contributed by atoms with E-state index in [1.54, 1.807) is 6.92 Å². The van der Waals surface area contributed by atoms with Crippen LogP contribution in [0.4, 0.5) is 8.78 Å². The summed E-state index contributed by atoms with van der Waals surface area (Å²) in [5.74, 6) is -1.45. The summed E-state index contributed by atoms with van der Waals surface area (Å²) in [6.45, 7) is 1.90. The van der Waals surface area contributed by atoms with Crippen molar-refractivity contribution in [3.8, 4) is 11.1 Å². The van der Waals surface area contributed by atoms with Gasteiger partial charge in [0, 0.05) is 30.1 Å². The Bertz CT molecular complexity index is 877. The summed E-state index contributed by atoms with van der Waals surface area (Å²) >= 11 is 0. The number of carbonyl (C=O) groups is 2. The zero-order chi connectivity index (χ0) is 20.1. The number of halogens is 2. The van der Waals surface area contributed by atoms with Gasteiger partial charge in [-0.15, -0.1) is 0 Å². The summed E-state index contributed by atoms with van der Waals surface area (Å²) in [5, 5.41) is 5.60. The van der Waals surface area contributed by atoms with Gasteiger partial charge in [0.15, 0.2) is 0 Å². The molecule has 0 saturated heterocycles. The number of amides is 2. The molecule has 0 heterocycles. The fourth-order valence-electron chi connectivity index (χ4n) is 3.57. The molecule has 0 spiro atoms. The summed E-state index contributed by atoms with van der Waals surface area (Å²) in [6, 6.07) is 8.58. The lowest BCUT2D eigenvalue weighted by Gasteiger charge is -2.12. The maximum absolute atomic E-state index is 14.5. The van der Waals surface area contributed by atoms with Gasteiger partial charge in [-0.1, -0.05) is 25.0 Å². The van der Waals surface area contributed by atoms with Crippen LogP contribution >= 0.6 is 0 Å². The van der Waals surface area contributed by atoms with Gasteiger partial charge in [-0.05, 0) is 55.2 Å². The lowest BCUT2D eigenvalue weighted by molar-refractivity contribution is -0.121. The Morgan fingerprint density at radius 3 is 2.43 bits per heavy atom. The van der Waals surface area contributed by atoms with Gasteiger partial charge in [0.25, 0.3) is 5.91 Å². The average molecular weight is 386 g/mol. The maximum Gasteiger partial charge on any atom is 0.251 e. The first kappa shape index (κ1) is 20.0. The largest absolute Gasteiger partial charge is 0.353 e. The van der Waals surface area contributed by atoms with E-state index in [0.717, 1.165) is 31.7 Å². The van der Waals surface area contributed by atoms with Crippen molar-refractivity contribution in [2.75, 3.05) is 6.54 Å². The van der Waals surface area contributed by atoms with Crippen molar-refractivity contribution >= 4 is 11.8 Å². The summed E-state index contributed by atoms with van der Waals surface area (Å²) in [6.07, 6.45) is 4.49. The van der Waals surface area contributed by atoms with E-state index in [1.807, 2.05) is 0 Å². The minimum absolute atomic E-state index is 0.0829. The van der Waals surface area contributed by atoms with Crippen molar-refractivity contribution in [2.24, 2.45) is 0 Å². The molecule has 1 saturated carbocycles. The Balaban J connectivity index is 1.57. The number of hydrogen-bond acceptors (Lipinski definition) is 2. The third-order valence-corrected chi connectivity index (χ3v) is 5.07. The van der Waals surface area contributed by atoms with E-state index < -0.39 is 11.7 Å². The Labute approximate surface area is 163 Å². The van der Waals surface area contributed by atoms with Crippen LogP contribution in [0.2, 0.25) is 0 Å². The molecule has 0 aromatic heterocycles. The van der Waals surface area contributed by atoms with Crippen molar-refractivity contribution in [3.63, 3.8) is 0 Å². The molecule has 0 unspecified atom stereocenters. The van der Waals surface area contributed by atoms with E-state index in [-0.39, 0.29) is 36.3 Å². The van der Waals surface area contributed by atoms with E-state index in [9.17, 15) is 18.4 Å². The van der Waals surface area contributed by atoms with Gasteiger partial charge in [0.1, 0.15) is 11.6 Å². The number of rotatable bonds is 6. The monoisotopic (exact) mass is 386 g/mol. The molecule has 6 heteroatoms. The molecule has 28 heavy (non-hydrogen) atoms. The third kappa shape index (κ3) is 4.94. The molecule has 2 aromatic carbocycles. The second-order valence-electron chi connectivity index (χ2n) is 7.21. The number of carbonyl (C=O) groups excluding carboxylic acids is 2. The number of benzene rings is 2. The van der Waals surface area contributed by atoms with Crippen LogP contribution in [0, 0.1) is 18.6 Å². The van der Waals surface area contributed by atoms with Gasteiger partial charge < -0.3 is 10.6 Å². The lowest BCUT2D eigenvalue weighted by atomic mass is 9.98. The molecule has 0 atom stereocenters. The molecule has 0 bridgehead atoms. The van der Waals surface area contributed by atoms with Crippen molar-refractivity contribution in [1.29, 1.82) is 0 Å². The van der Waals surface area contributed by atoms with Crippen LogP contribution in [0.25, 0.3) is 11.1 Å². The molecule has 0 radical (unpaired) electrons. The van der Waals surface area contributed by atoms with Gasteiger partial charge in [0.2, 0.25) is 5.91 Å². The van der Waals surface area contributed by atoms with Crippen LogP contribution in [0.5, 0.6) is 0 Å². The molecular weight excluding hydrogens is 362 g/mol. The smallest absolute Gasteiger partial charge is 0.251 e. The molecule has 2 amide bonds. The van der Waals surface area contributed by atoms with Crippen LogP contribution in [0.3, 0.4) is 0 Å². The minimum Gasteiger partial charge on any atom is -0.353 e. The predicted octanol–water partition coefficient (Wildman–Crippen LogP) is 4.12. The fourth-order valence-corrected chi connectivity index (χ4v) is 3.57. The molecule has 1 aliphatic carbocycles.